The molecule has 0 saturated carbocycles. The van der Waals surface area contributed by atoms with E-state index in [1.165, 1.54) is 6.33 Å². The van der Waals surface area contributed by atoms with E-state index in [9.17, 15) is 4.79 Å². The lowest BCUT2D eigenvalue weighted by molar-refractivity contribution is 0.415. The molecule has 1 heterocycles. The molecule has 0 aliphatic rings. The van der Waals surface area contributed by atoms with E-state index < -0.39 is 0 Å². The minimum absolute atomic E-state index is 0.161. The molecule has 3 rings (SSSR count). The first-order chi connectivity index (χ1) is 9.67. The van der Waals surface area contributed by atoms with Crippen LogP contribution in [0.2, 0.25) is 5.02 Å². The molecule has 1 N–H and O–H groups in total. The predicted molar refractivity (Wildman–Crippen MR) is 79.4 cm³/mol. The number of nitrogens with zero attached hydrogens (tertiary/aromatic N) is 1. The maximum Gasteiger partial charge on any atom is 0.258 e. The number of H-pyrrole nitrogens is 1. The summed E-state index contributed by atoms with van der Waals surface area (Å²) in [5.74, 6) is 0.674. The van der Waals surface area contributed by atoms with Crippen LogP contribution < -0.4 is 10.3 Å². The Labute approximate surface area is 120 Å². The molecule has 20 heavy (non-hydrogen) atoms. The third-order valence-electron chi connectivity index (χ3n) is 3.08. The van der Waals surface area contributed by atoms with Crippen molar-refractivity contribution in [2.75, 3.05) is 7.11 Å². The lowest BCUT2D eigenvalue weighted by Gasteiger charge is -2.07. The van der Waals surface area contributed by atoms with Crippen LogP contribution >= 0.6 is 11.6 Å². The molecule has 0 aliphatic heterocycles. The zero-order chi connectivity index (χ0) is 14.1. The van der Waals surface area contributed by atoms with Crippen LogP contribution in [0.4, 0.5) is 0 Å². The highest BCUT2D eigenvalue weighted by Gasteiger charge is 2.06. The Kier molecular flexibility index (Phi) is 3.16. The van der Waals surface area contributed by atoms with Gasteiger partial charge in [-0.05, 0) is 41.5 Å². The minimum atomic E-state index is -0.161. The molecule has 1 aromatic heterocycles. The number of aromatic amines is 1. The molecular weight excluding hydrogens is 276 g/mol. The highest BCUT2D eigenvalue weighted by atomic mass is 35.5. The number of benzene rings is 2. The first-order valence-electron chi connectivity index (χ1n) is 6.00. The lowest BCUT2D eigenvalue weighted by atomic mass is 10.0. The molecule has 3 aromatic rings. The summed E-state index contributed by atoms with van der Waals surface area (Å²) in [6.07, 6.45) is 1.40. The number of hydrogen-bond acceptors (Lipinski definition) is 3. The smallest absolute Gasteiger partial charge is 0.258 e. The maximum atomic E-state index is 11.8. The lowest BCUT2D eigenvalue weighted by Crippen LogP contribution is -2.05. The van der Waals surface area contributed by atoms with Crippen molar-refractivity contribution >= 4 is 22.5 Å². The molecule has 0 aliphatic carbocycles. The normalized spacial score (nSPS) is 10.7. The largest absolute Gasteiger partial charge is 0.497 e. The van der Waals surface area contributed by atoms with E-state index >= 15 is 0 Å². The standard InChI is InChI=1S/C15H11ClN2O2/c1-20-12-5-10(4-11(16)7-12)9-2-3-14-13(6-9)15(19)18-8-17-14/h2-8H,1H3,(H,17,18,19). The van der Waals surface area contributed by atoms with E-state index in [0.717, 1.165) is 11.1 Å². The Morgan fingerprint density at radius 1 is 1.15 bits per heavy atom. The van der Waals surface area contributed by atoms with Gasteiger partial charge in [-0.2, -0.15) is 0 Å². The van der Waals surface area contributed by atoms with Crippen molar-refractivity contribution in [3.05, 3.63) is 58.1 Å². The maximum absolute atomic E-state index is 11.8. The summed E-state index contributed by atoms with van der Waals surface area (Å²) in [7, 11) is 1.59. The molecule has 4 nitrogen and oxygen atoms in total. The quantitative estimate of drug-likeness (QED) is 0.787. The summed E-state index contributed by atoms with van der Waals surface area (Å²) in [6, 6.07) is 11.0. The number of ether oxygens (including phenoxy) is 1. The number of rotatable bonds is 2. The summed E-state index contributed by atoms with van der Waals surface area (Å²) in [5.41, 5.74) is 2.27. The van der Waals surface area contributed by atoms with E-state index in [0.29, 0.717) is 21.7 Å². The molecule has 0 unspecified atom stereocenters. The van der Waals surface area contributed by atoms with Gasteiger partial charge in [0.1, 0.15) is 5.75 Å². The first-order valence-corrected chi connectivity index (χ1v) is 6.37. The van der Waals surface area contributed by atoms with Crippen LogP contribution in [0, 0.1) is 0 Å². The second kappa shape index (κ2) is 4.98. The Morgan fingerprint density at radius 2 is 2.00 bits per heavy atom. The monoisotopic (exact) mass is 286 g/mol. The fourth-order valence-corrected chi connectivity index (χ4v) is 2.32. The van der Waals surface area contributed by atoms with E-state index in [2.05, 4.69) is 9.97 Å². The molecule has 5 heteroatoms. The Morgan fingerprint density at radius 3 is 2.80 bits per heavy atom. The molecule has 100 valence electrons. The Bertz CT molecular complexity index is 843. The van der Waals surface area contributed by atoms with Crippen molar-refractivity contribution in [1.82, 2.24) is 9.97 Å². The van der Waals surface area contributed by atoms with Crippen LogP contribution in [-0.4, -0.2) is 17.1 Å². The van der Waals surface area contributed by atoms with E-state index in [-0.39, 0.29) is 5.56 Å². The second-order valence-electron chi connectivity index (χ2n) is 4.34. The number of halogens is 1. The average molecular weight is 287 g/mol. The zero-order valence-corrected chi connectivity index (χ0v) is 11.4. The summed E-state index contributed by atoms with van der Waals surface area (Å²) >= 11 is 6.07. The fraction of sp³-hybridized carbons (Fsp3) is 0.0667. The molecule has 0 fully saturated rings. The van der Waals surface area contributed by atoms with Gasteiger partial charge in [0.25, 0.3) is 5.56 Å². The summed E-state index contributed by atoms with van der Waals surface area (Å²) < 4.78 is 5.20. The molecule has 0 amide bonds. The second-order valence-corrected chi connectivity index (χ2v) is 4.78. The van der Waals surface area contributed by atoms with Crippen LogP contribution in [0.1, 0.15) is 0 Å². The Hall–Kier alpha value is -2.33. The van der Waals surface area contributed by atoms with Gasteiger partial charge in [0.15, 0.2) is 0 Å². The average Bonchev–Trinajstić information content (AvgIpc) is 2.46. The number of fused-ring (bicyclic) bond motifs is 1. The van der Waals surface area contributed by atoms with Crippen LogP contribution in [0.15, 0.2) is 47.5 Å². The summed E-state index contributed by atoms with van der Waals surface area (Å²) in [5, 5.41) is 1.13. The van der Waals surface area contributed by atoms with Crippen LogP contribution in [-0.2, 0) is 0 Å². The molecule has 0 atom stereocenters. The van der Waals surface area contributed by atoms with Crippen molar-refractivity contribution < 1.29 is 4.74 Å². The first kappa shape index (κ1) is 12.7. The molecule has 0 bridgehead atoms. The van der Waals surface area contributed by atoms with Gasteiger partial charge in [-0.25, -0.2) is 4.98 Å². The molecule has 0 saturated heterocycles. The molecule has 0 radical (unpaired) electrons. The highest BCUT2D eigenvalue weighted by Crippen LogP contribution is 2.29. The minimum Gasteiger partial charge on any atom is -0.497 e. The zero-order valence-electron chi connectivity index (χ0n) is 10.7. The van der Waals surface area contributed by atoms with E-state index in [1.807, 2.05) is 24.3 Å². The summed E-state index contributed by atoms with van der Waals surface area (Å²) in [4.78, 5) is 18.5. The third-order valence-corrected chi connectivity index (χ3v) is 3.30. The van der Waals surface area contributed by atoms with Crippen molar-refractivity contribution in [3.63, 3.8) is 0 Å². The van der Waals surface area contributed by atoms with E-state index in [1.54, 1.807) is 19.2 Å². The van der Waals surface area contributed by atoms with Gasteiger partial charge in [-0.3, -0.25) is 4.79 Å². The number of methoxy groups -OCH3 is 1. The molecule has 2 aromatic carbocycles. The van der Waals surface area contributed by atoms with Crippen molar-refractivity contribution in [2.24, 2.45) is 0 Å². The van der Waals surface area contributed by atoms with Crippen molar-refractivity contribution in [1.29, 1.82) is 0 Å². The van der Waals surface area contributed by atoms with Crippen molar-refractivity contribution in [3.8, 4) is 16.9 Å². The number of hydrogen-bond donors (Lipinski definition) is 1. The summed E-state index contributed by atoms with van der Waals surface area (Å²) in [6.45, 7) is 0. The van der Waals surface area contributed by atoms with Gasteiger partial charge in [-0.1, -0.05) is 17.7 Å². The fourth-order valence-electron chi connectivity index (χ4n) is 2.10. The van der Waals surface area contributed by atoms with Gasteiger partial charge < -0.3 is 9.72 Å². The van der Waals surface area contributed by atoms with Gasteiger partial charge in [-0.15, -0.1) is 0 Å². The number of nitrogens with one attached hydrogen (secondary N) is 1. The van der Waals surface area contributed by atoms with Crippen LogP contribution in [0.25, 0.3) is 22.0 Å². The van der Waals surface area contributed by atoms with Gasteiger partial charge >= 0.3 is 0 Å². The van der Waals surface area contributed by atoms with Crippen LogP contribution in [0.5, 0.6) is 5.75 Å². The van der Waals surface area contributed by atoms with Gasteiger partial charge in [0, 0.05) is 5.02 Å². The number of aromatic nitrogens is 2. The van der Waals surface area contributed by atoms with E-state index in [4.69, 9.17) is 16.3 Å². The Balaban J connectivity index is 2.22. The molecule has 0 spiro atoms. The van der Waals surface area contributed by atoms with Crippen molar-refractivity contribution in [2.45, 2.75) is 0 Å². The van der Waals surface area contributed by atoms with Crippen LogP contribution in [0.3, 0.4) is 0 Å². The topological polar surface area (TPSA) is 55.0 Å². The van der Waals surface area contributed by atoms with Gasteiger partial charge in [0.2, 0.25) is 0 Å². The van der Waals surface area contributed by atoms with Gasteiger partial charge in [0.05, 0.1) is 24.3 Å². The highest BCUT2D eigenvalue weighted by molar-refractivity contribution is 6.31. The SMILES string of the molecule is COc1cc(Cl)cc(-c2ccc3nc[nH]c(=O)c3c2)c1. The predicted octanol–water partition coefficient (Wildman–Crippen LogP) is 3.25. The third kappa shape index (κ3) is 2.26. The molecular formula is C15H11ClN2O2.